The summed E-state index contributed by atoms with van der Waals surface area (Å²) in [6.07, 6.45) is 4.44. The van der Waals surface area contributed by atoms with Crippen LogP contribution in [0.4, 0.5) is 5.69 Å². The van der Waals surface area contributed by atoms with Gasteiger partial charge in [-0.1, -0.05) is 18.2 Å². The van der Waals surface area contributed by atoms with E-state index >= 15 is 0 Å². The Morgan fingerprint density at radius 2 is 2.20 bits per heavy atom. The summed E-state index contributed by atoms with van der Waals surface area (Å²) in [5, 5.41) is 20.7. The Bertz CT molecular complexity index is 808. The van der Waals surface area contributed by atoms with E-state index in [-0.39, 0.29) is 17.4 Å². The van der Waals surface area contributed by atoms with Gasteiger partial charge in [-0.15, -0.1) is 10.2 Å². The highest BCUT2D eigenvalue weighted by Crippen LogP contribution is 2.36. The maximum atomic E-state index is 11.2. The van der Waals surface area contributed by atoms with Crippen molar-refractivity contribution < 1.29 is 14.4 Å². The maximum Gasteiger partial charge on any atom is 0.270 e. The number of ether oxygens (including phenoxy) is 2. The molecule has 0 bridgehead atoms. The first kappa shape index (κ1) is 16.3. The van der Waals surface area contributed by atoms with Gasteiger partial charge < -0.3 is 14.0 Å². The topological polar surface area (TPSA) is 92.3 Å². The second-order valence-corrected chi connectivity index (χ2v) is 7.05. The molecule has 0 atom stereocenters. The second kappa shape index (κ2) is 7.01. The van der Waals surface area contributed by atoms with E-state index in [1.165, 1.54) is 12.5 Å². The van der Waals surface area contributed by atoms with Crippen molar-refractivity contribution in [3.05, 3.63) is 39.2 Å². The van der Waals surface area contributed by atoms with Gasteiger partial charge in [0.25, 0.3) is 5.69 Å². The van der Waals surface area contributed by atoms with Crippen molar-refractivity contribution in [2.45, 2.75) is 49.7 Å². The van der Waals surface area contributed by atoms with E-state index in [1.54, 1.807) is 17.8 Å². The van der Waals surface area contributed by atoms with E-state index in [4.69, 9.17) is 9.47 Å². The third kappa shape index (κ3) is 3.34. The Labute approximate surface area is 148 Å². The molecule has 1 aromatic carbocycles. The van der Waals surface area contributed by atoms with E-state index < -0.39 is 0 Å². The maximum absolute atomic E-state index is 11.2. The average Bonchev–Trinajstić information content (AvgIpc) is 2.85. The Kier molecular flexibility index (Phi) is 4.58. The van der Waals surface area contributed by atoms with Gasteiger partial charge in [0.15, 0.2) is 11.9 Å². The van der Waals surface area contributed by atoms with Crippen molar-refractivity contribution in [2.24, 2.45) is 0 Å². The third-order valence-corrected chi connectivity index (χ3v) is 5.43. The van der Waals surface area contributed by atoms with Crippen LogP contribution in [-0.2, 0) is 30.1 Å². The van der Waals surface area contributed by atoms with Crippen molar-refractivity contribution >= 4 is 17.4 Å². The predicted molar refractivity (Wildman–Crippen MR) is 90.5 cm³/mol. The summed E-state index contributed by atoms with van der Waals surface area (Å²) in [6.45, 7) is 1.43. The van der Waals surface area contributed by atoms with Gasteiger partial charge in [0.1, 0.15) is 11.6 Å². The van der Waals surface area contributed by atoms with E-state index in [0.717, 1.165) is 47.9 Å². The number of aryl methyl sites for hydroxylation is 1. The lowest BCUT2D eigenvalue weighted by molar-refractivity contribution is -0.385. The number of thioether (sulfide) groups is 1. The number of hydrogen-bond donors (Lipinski definition) is 0. The average molecular weight is 362 g/mol. The van der Waals surface area contributed by atoms with Crippen LogP contribution in [0, 0.1) is 10.1 Å². The summed E-state index contributed by atoms with van der Waals surface area (Å²) in [5.74, 6) is 2.27. The van der Waals surface area contributed by atoms with Crippen molar-refractivity contribution in [3.8, 4) is 5.75 Å². The lowest BCUT2D eigenvalue weighted by atomic mass is 10.1. The van der Waals surface area contributed by atoms with Gasteiger partial charge in [-0.05, 0) is 12.8 Å². The van der Waals surface area contributed by atoms with Crippen molar-refractivity contribution in [2.75, 3.05) is 6.79 Å². The van der Waals surface area contributed by atoms with E-state index in [1.807, 2.05) is 0 Å². The third-order valence-electron chi connectivity index (χ3n) is 4.41. The van der Waals surface area contributed by atoms with Crippen LogP contribution in [0.5, 0.6) is 5.75 Å². The molecule has 0 aliphatic carbocycles. The van der Waals surface area contributed by atoms with Gasteiger partial charge in [0.2, 0.25) is 0 Å². The molecule has 4 rings (SSSR count). The van der Waals surface area contributed by atoms with Crippen LogP contribution in [0.2, 0.25) is 0 Å². The molecule has 2 aromatic rings. The van der Waals surface area contributed by atoms with Crippen molar-refractivity contribution in [1.82, 2.24) is 14.8 Å². The van der Waals surface area contributed by atoms with Crippen LogP contribution in [0.25, 0.3) is 0 Å². The fraction of sp³-hybridized carbons (Fsp3) is 0.500. The van der Waals surface area contributed by atoms with Crippen molar-refractivity contribution in [3.63, 3.8) is 0 Å². The first-order chi connectivity index (χ1) is 12.2. The number of hydrogen-bond acceptors (Lipinski definition) is 7. The van der Waals surface area contributed by atoms with Crippen LogP contribution < -0.4 is 4.74 Å². The number of nitro groups is 1. The van der Waals surface area contributed by atoms with Gasteiger partial charge in [-0.2, -0.15) is 0 Å². The number of nitro benzene ring substituents is 1. The summed E-state index contributed by atoms with van der Waals surface area (Å²) < 4.78 is 13.0. The van der Waals surface area contributed by atoms with Gasteiger partial charge >= 0.3 is 0 Å². The molecule has 0 saturated carbocycles. The molecule has 9 heteroatoms. The van der Waals surface area contributed by atoms with Crippen LogP contribution in [0.1, 0.15) is 36.2 Å². The molecule has 1 aromatic heterocycles. The molecule has 0 radical (unpaired) electrons. The quantitative estimate of drug-likeness (QED) is 0.469. The summed E-state index contributed by atoms with van der Waals surface area (Å²) in [5.41, 5.74) is 1.57. The fourth-order valence-electron chi connectivity index (χ4n) is 3.20. The van der Waals surface area contributed by atoms with Crippen molar-refractivity contribution in [1.29, 1.82) is 0 Å². The Morgan fingerprint density at radius 1 is 1.28 bits per heavy atom. The first-order valence-corrected chi connectivity index (χ1v) is 9.26. The SMILES string of the molecule is O=[N+]([O-])c1cc2c(c(CSc3nnc4n3CCCCC4)c1)OCOC2. The molecular weight excluding hydrogens is 344 g/mol. The van der Waals surface area contributed by atoms with E-state index in [2.05, 4.69) is 14.8 Å². The lowest BCUT2D eigenvalue weighted by Crippen LogP contribution is -2.13. The zero-order valence-electron chi connectivity index (χ0n) is 13.6. The Morgan fingerprint density at radius 3 is 3.08 bits per heavy atom. The van der Waals surface area contributed by atoms with E-state index in [0.29, 0.717) is 18.1 Å². The first-order valence-electron chi connectivity index (χ1n) is 8.28. The van der Waals surface area contributed by atoms with Gasteiger partial charge in [-0.25, -0.2) is 0 Å². The predicted octanol–water partition coefficient (Wildman–Crippen LogP) is 3.07. The minimum atomic E-state index is -0.383. The summed E-state index contributed by atoms with van der Waals surface area (Å²) in [4.78, 5) is 10.8. The smallest absolute Gasteiger partial charge is 0.270 e. The van der Waals surface area contributed by atoms with Crippen LogP contribution in [0.3, 0.4) is 0 Å². The van der Waals surface area contributed by atoms with Gasteiger partial charge in [0, 0.05) is 42.0 Å². The molecule has 0 saturated heterocycles. The highest BCUT2D eigenvalue weighted by atomic mass is 32.2. The molecule has 0 amide bonds. The Hall–Kier alpha value is -2.13. The molecule has 3 heterocycles. The van der Waals surface area contributed by atoms with E-state index in [9.17, 15) is 10.1 Å². The number of nitrogens with zero attached hydrogens (tertiary/aromatic N) is 4. The zero-order chi connectivity index (χ0) is 17.2. The molecule has 0 N–H and O–H groups in total. The molecule has 2 aliphatic heterocycles. The highest BCUT2D eigenvalue weighted by Gasteiger charge is 2.22. The molecule has 8 nitrogen and oxygen atoms in total. The van der Waals surface area contributed by atoms with Crippen LogP contribution >= 0.6 is 11.8 Å². The minimum absolute atomic E-state index is 0.0588. The molecule has 0 unspecified atom stereocenters. The van der Waals surface area contributed by atoms with Gasteiger partial charge in [-0.3, -0.25) is 10.1 Å². The molecule has 0 spiro atoms. The molecule has 25 heavy (non-hydrogen) atoms. The van der Waals surface area contributed by atoms with Crippen LogP contribution in [-0.4, -0.2) is 26.5 Å². The number of rotatable bonds is 4. The number of benzene rings is 1. The standard InChI is InChI=1S/C16H18N4O4S/c21-20(22)13-6-11-8-23-10-24-15(11)12(7-13)9-25-16-18-17-14-4-2-1-3-5-19(14)16/h6-7H,1-5,8-10H2. The summed E-state index contributed by atoms with van der Waals surface area (Å²) in [7, 11) is 0. The summed E-state index contributed by atoms with van der Waals surface area (Å²) >= 11 is 1.54. The molecular formula is C16H18N4O4S. The monoisotopic (exact) mass is 362 g/mol. The lowest BCUT2D eigenvalue weighted by Gasteiger charge is -2.20. The number of fused-ring (bicyclic) bond motifs is 2. The Balaban J connectivity index is 1.60. The fourth-order valence-corrected chi connectivity index (χ4v) is 4.15. The number of non-ortho nitro benzene ring substituents is 1. The number of aromatic nitrogens is 3. The molecule has 2 aliphatic rings. The second-order valence-electron chi connectivity index (χ2n) is 6.11. The zero-order valence-corrected chi connectivity index (χ0v) is 14.5. The highest BCUT2D eigenvalue weighted by molar-refractivity contribution is 7.98. The van der Waals surface area contributed by atoms with Crippen LogP contribution in [0.15, 0.2) is 17.3 Å². The molecule has 0 fully saturated rings. The minimum Gasteiger partial charge on any atom is -0.467 e. The normalized spacial score (nSPS) is 16.5. The summed E-state index contributed by atoms with van der Waals surface area (Å²) in [6, 6.07) is 3.10. The molecule has 132 valence electrons. The van der Waals surface area contributed by atoms with Gasteiger partial charge in [0.05, 0.1) is 11.5 Å². The largest absolute Gasteiger partial charge is 0.467 e.